The average Bonchev–Trinajstić information content (AvgIpc) is 3.41. The van der Waals surface area contributed by atoms with Crippen LogP contribution in [0.4, 0.5) is 0 Å². The van der Waals surface area contributed by atoms with Crippen molar-refractivity contribution in [1.29, 1.82) is 0 Å². The topological polar surface area (TPSA) is 49.1 Å². The molecule has 0 fully saturated rings. The van der Waals surface area contributed by atoms with Crippen molar-refractivity contribution in [2.45, 2.75) is 82.7 Å². The van der Waals surface area contributed by atoms with Gasteiger partial charge in [-0.2, -0.15) is 13.5 Å². The smallest absolute Gasteiger partial charge is 0.133 e. The Morgan fingerprint density at radius 1 is 0.770 bits per heavy atom. The first-order valence-electron chi connectivity index (χ1n) is 25.2. The van der Waals surface area contributed by atoms with Crippen LogP contribution in [0.5, 0.6) is 0 Å². The molecule has 1 atom stereocenters. The third-order valence-electron chi connectivity index (χ3n) is 11.7. The van der Waals surface area contributed by atoms with E-state index in [4.69, 9.17) is 16.4 Å². The molecule has 0 heterocycles. The van der Waals surface area contributed by atoms with Gasteiger partial charge < -0.3 is 5.32 Å². The number of amidine groups is 2. The van der Waals surface area contributed by atoms with Crippen molar-refractivity contribution in [3.63, 3.8) is 0 Å². The van der Waals surface area contributed by atoms with Crippen LogP contribution < -0.4 is 5.32 Å². The standard InChI is InChI=1S/C45H50N4.C19H16.C3H6.C2H6.H2S/c1-11-32(5)28-42(39(13-3)26-25-38(12-2)36(9)48-43-24-16-15-22-40(43)14-4)30-35(8)44(47-31-37-21-17-19-33(6)27-37)49-45(46-10)41-23-18-20-34(7)29-41;1-3-15-13-19(16-9-5-4-6-10-16)18-12-8-7-11-17(18)14(15)2;1-3-2;1-2;/h3,11-12,14-30,39H,9,31H2,1-2,4-8,10H3,(H,46,47,49);3-13H,1H2,2H3;3H,1H2,2H3;1-2H3;1H2/b26-25-,32-11-,35-30+,38-12+,40-14-,42-28+,48-43?;;;;. The van der Waals surface area contributed by atoms with Crippen molar-refractivity contribution in [3.8, 4) is 23.5 Å². The van der Waals surface area contributed by atoms with Gasteiger partial charge in [0.15, 0.2) is 0 Å². The maximum absolute atomic E-state index is 6.22. The van der Waals surface area contributed by atoms with Gasteiger partial charge in [-0.25, -0.2) is 4.99 Å². The van der Waals surface area contributed by atoms with Crippen LogP contribution in [-0.2, 0) is 6.54 Å². The Bertz CT molecular complexity index is 3070. The summed E-state index contributed by atoms with van der Waals surface area (Å²) in [7, 11) is 1.79. The van der Waals surface area contributed by atoms with Crippen molar-refractivity contribution in [1.82, 2.24) is 5.32 Å². The fourth-order valence-corrected chi connectivity index (χ4v) is 7.77. The van der Waals surface area contributed by atoms with Gasteiger partial charge in [-0.1, -0.05) is 220 Å². The summed E-state index contributed by atoms with van der Waals surface area (Å²) in [6, 6.07) is 38.0. The fraction of sp³-hybridized carbons (Fsp3) is 0.203. The number of allylic oxidation sites excluding steroid dienone is 15. The van der Waals surface area contributed by atoms with Crippen LogP contribution in [0.3, 0.4) is 0 Å². The van der Waals surface area contributed by atoms with E-state index in [1.807, 2.05) is 108 Å². The van der Waals surface area contributed by atoms with Crippen LogP contribution in [0.25, 0.3) is 28.0 Å². The molecule has 0 saturated carbocycles. The van der Waals surface area contributed by atoms with E-state index in [2.05, 4.69) is 186 Å². The van der Waals surface area contributed by atoms with E-state index >= 15 is 0 Å². The minimum Gasteiger partial charge on any atom is -0.325 e. The molecule has 0 spiro atoms. The third kappa shape index (κ3) is 19.0. The van der Waals surface area contributed by atoms with E-state index in [-0.39, 0.29) is 19.4 Å². The van der Waals surface area contributed by atoms with Gasteiger partial charge in [0.05, 0.1) is 23.9 Å². The van der Waals surface area contributed by atoms with E-state index < -0.39 is 0 Å². The lowest BCUT2D eigenvalue weighted by molar-refractivity contribution is 1.03. The lowest BCUT2D eigenvalue weighted by Gasteiger charge is -2.16. The largest absolute Gasteiger partial charge is 0.325 e. The molecule has 74 heavy (non-hydrogen) atoms. The zero-order valence-corrected chi connectivity index (χ0v) is 47.2. The van der Waals surface area contributed by atoms with Gasteiger partial charge in [0.25, 0.3) is 0 Å². The van der Waals surface area contributed by atoms with Crippen molar-refractivity contribution < 1.29 is 0 Å². The van der Waals surface area contributed by atoms with Crippen LogP contribution in [0, 0.1) is 39.0 Å². The van der Waals surface area contributed by atoms with E-state index in [9.17, 15) is 0 Å². The molecule has 4 nitrogen and oxygen atoms in total. The van der Waals surface area contributed by atoms with Gasteiger partial charge in [-0.3, -0.25) is 9.98 Å². The van der Waals surface area contributed by atoms with Crippen molar-refractivity contribution in [3.05, 3.63) is 269 Å². The van der Waals surface area contributed by atoms with Crippen LogP contribution in [0.1, 0.15) is 88.8 Å². The molecule has 1 unspecified atom stereocenters. The zero-order valence-electron chi connectivity index (χ0n) is 46.2. The van der Waals surface area contributed by atoms with Gasteiger partial charge in [0.2, 0.25) is 0 Å². The average molecular weight is 997 g/mol. The number of fused-ring (bicyclic) bond motifs is 1. The Morgan fingerprint density at radius 2 is 1.41 bits per heavy atom. The summed E-state index contributed by atoms with van der Waals surface area (Å²) in [5.74, 6) is 4.15. The molecule has 1 aliphatic rings. The highest BCUT2D eigenvalue weighted by Gasteiger charge is 2.14. The van der Waals surface area contributed by atoms with Crippen LogP contribution in [0.15, 0.2) is 250 Å². The predicted octanol–water partition coefficient (Wildman–Crippen LogP) is 18.3. The quantitative estimate of drug-likeness (QED) is 0.0413. The van der Waals surface area contributed by atoms with E-state index in [1.54, 1.807) is 13.1 Å². The Hall–Kier alpha value is -7.78. The van der Waals surface area contributed by atoms with Gasteiger partial charge >= 0.3 is 0 Å². The summed E-state index contributed by atoms with van der Waals surface area (Å²) < 4.78 is 0. The summed E-state index contributed by atoms with van der Waals surface area (Å²) in [6.07, 6.45) is 32.4. The SMILES string of the molecule is C#CC(/C=C\C(=C/C)C(=C)N=C1C=CC=C/C1=C/C)C(=C/C(C)=C\C)/C=C(\C)C(=NCc1cccc(C)c1)NC(=NC)c1cccc(C)c1.C=CC.C=Cc1cc(-c2ccccc2)c2ccccc2c1C.CC.S. The first-order chi connectivity index (χ1) is 35.3. The monoisotopic (exact) mass is 997 g/mol. The molecule has 5 aromatic carbocycles. The highest BCUT2D eigenvalue weighted by molar-refractivity contribution is 7.59. The number of benzene rings is 5. The molecule has 0 saturated heterocycles. The second-order valence-corrected chi connectivity index (χ2v) is 17.0. The Balaban J connectivity index is 0.000000616. The second-order valence-electron chi connectivity index (χ2n) is 17.0. The zero-order chi connectivity index (χ0) is 53.7. The fourth-order valence-electron chi connectivity index (χ4n) is 7.77. The normalized spacial score (nSPS) is 14.4. The molecular formula is C69H80N4S. The summed E-state index contributed by atoms with van der Waals surface area (Å²) >= 11 is 0. The molecule has 0 aromatic heterocycles. The highest BCUT2D eigenvalue weighted by atomic mass is 32.1. The molecule has 5 heteroatoms. The van der Waals surface area contributed by atoms with Crippen molar-refractivity contribution in [2.75, 3.05) is 7.05 Å². The molecule has 1 aliphatic carbocycles. The van der Waals surface area contributed by atoms with E-state index in [0.717, 1.165) is 61.9 Å². The van der Waals surface area contributed by atoms with Crippen molar-refractivity contribution >= 4 is 47.7 Å². The van der Waals surface area contributed by atoms with Gasteiger partial charge in [-0.05, 0) is 141 Å². The van der Waals surface area contributed by atoms with Gasteiger partial charge in [0, 0.05) is 12.6 Å². The molecule has 0 radical (unpaired) electrons. The van der Waals surface area contributed by atoms with Crippen molar-refractivity contribution in [2.24, 2.45) is 20.9 Å². The second kappa shape index (κ2) is 33.8. The minimum absolute atomic E-state index is 0. The molecular weight excluding hydrogens is 917 g/mol. The number of hydrogen-bond donors (Lipinski definition) is 1. The Kier molecular flexibility index (Phi) is 28.5. The van der Waals surface area contributed by atoms with E-state index in [1.165, 1.54) is 38.6 Å². The number of aryl methyl sites for hydroxylation is 3. The molecule has 1 N–H and O–H groups in total. The molecule has 5 aromatic rings. The van der Waals surface area contributed by atoms with Gasteiger partial charge in [0.1, 0.15) is 11.7 Å². The molecule has 382 valence electrons. The Morgan fingerprint density at radius 3 is 2.00 bits per heavy atom. The summed E-state index contributed by atoms with van der Waals surface area (Å²) in [6.45, 7) is 34.5. The number of nitrogens with one attached hydrogen (secondary N) is 1. The predicted molar refractivity (Wildman–Crippen MR) is 336 cm³/mol. The first kappa shape index (κ1) is 62.3. The first-order valence-corrected chi connectivity index (χ1v) is 25.2. The van der Waals surface area contributed by atoms with Gasteiger partial charge in [-0.15, -0.1) is 13.0 Å². The molecule has 6 rings (SSSR count). The molecule has 0 bridgehead atoms. The number of rotatable bonds is 13. The number of nitrogens with zero attached hydrogens (tertiary/aromatic N) is 3. The van der Waals surface area contributed by atoms with Crippen LogP contribution >= 0.6 is 13.5 Å². The number of aliphatic imine (C=N–C) groups is 3. The maximum atomic E-state index is 6.22. The van der Waals surface area contributed by atoms with E-state index in [0.29, 0.717) is 12.2 Å². The number of terminal acetylenes is 1. The summed E-state index contributed by atoms with van der Waals surface area (Å²) in [5.41, 5.74) is 16.0. The van der Waals surface area contributed by atoms with Crippen LogP contribution in [0.2, 0.25) is 0 Å². The van der Waals surface area contributed by atoms with Crippen LogP contribution in [-0.4, -0.2) is 24.4 Å². The summed E-state index contributed by atoms with van der Waals surface area (Å²) in [5, 5.41) is 6.16. The Labute approximate surface area is 453 Å². The number of hydrogen-bond acceptors (Lipinski definition) is 3. The lowest BCUT2D eigenvalue weighted by atomic mass is 9.92. The maximum Gasteiger partial charge on any atom is 0.133 e. The molecule has 0 amide bonds. The lowest BCUT2D eigenvalue weighted by Crippen LogP contribution is -2.32. The molecule has 0 aliphatic heterocycles. The minimum atomic E-state index is -0.321. The summed E-state index contributed by atoms with van der Waals surface area (Å²) in [4.78, 5) is 14.5. The third-order valence-corrected chi connectivity index (χ3v) is 11.7. The highest BCUT2D eigenvalue weighted by Crippen LogP contribution is 2.33.